The van der Waals surface area contributed by atoms with Gasteiger partial charge in [0.2, 0.25) is 0 Å². The van der Waals surface area contributed by atoms with Gasteiger partial charge in [-0.2, -0.15) is 0 Å². The Balaban J connectivity index is 1.92. The molecule has 2 heteroatoms. The smallest absolute Gasteiger partial charge is 0.133 e. The van der Waals surface area contributed by atoms with Crippen LogP contribution in [-0.4, -0.2) is 14.6 Å². The summed E-state index contributed by atoms with van der Waals surface area (Å²) in [4.78, 5) is 11.7. The molecule has 1 saturated carbocycles. The molecular weight excluding hydrogens is 176 g/mol. The Morgan fingerprint density at radius 1 is 1.00 bits per heavy atom. The van der Waals surface area contributed by atoms with Crippen LogP contribution in [0.4, 0.5) is 0 Å². The van der Waals surface area contributed by atoms with E-state index < -0.39 is 8.80 Å². The number of rotatable bonds is 1. The van der Waals surface area contributed by atoms with Gasteiger partial charge in [-0.15, -0.1) is 0 Å². The van der Waals surface area contributed by atoms with Gasteiger partial charge in [-0.25, -0.2) is 0 Å². The highest BCUT2D eigenvalue weighted by atomic mass is 28.3. The summed E-state index contributed by atoms with van der Waals surface area (Å²) in [6, 6.07) is 2.94. The number of Topliss-reactive ketones (excluding diaryl/α,β-unsaturated/α-hetero) is 1. The molecular formula is C11H20OSi. The maximum atomic E-state index is 11.7. The summed E-state index contributed by atoms with van der Waals surface area (Å²) in [7, 11) is -0.615. The first-order valence-electron chi connectivity index (χ1n) is 5.90. The predicted molar refractivity (Wildman–Crippen MR) is 57.8 cm³/mol. The molecule has 1 nitrogen and oxygen atoms in total. The van der Waals surface area contributed by atoms with E-state index in [1.165, 1.54) is 50.6 Å². The first-order chi connectivity index (χ1) is 6.38. The summed E-state index contributed by atoms with van der Waals surface area (Å²) >= 11 is 0. The first kappa shape index (κ1) is 9.44. The van der Waals surface area contributed by atoms with Crippen LogP contribution in [0.3, 0.4) is 0 Å². The zero-order valence-electron chi connectivity index (χ0n) is 8.43. The minimum absolute atomic E-state index is 0.606. The van der Waals surface area contributed by atoms with Gasteiger partial charge in [0.05, 0.1) is 0 Å². The Kier molecular flexibility index (Phi) is 3.20. The van der Waals surface area contributed by atoms with Crippen LogP contribution >= 0.6 is 0 Å². The summed E-state index contributed by atoms with van der Waals surface area (Å²) in [6.07, 6.45) is 8.98. The summed E-state index contributed by atoms with van der Waals surface area (Å²) < 4.78 is 0. The molecule has 13 heavy (non-hydrogen) atoms. The molecule has 1 heterocycles. The number of ketones is 1. The SMILES string of the molecule is O=C1CCCCC1[SiH]1CCCCC1. The fraction of sp³-hybridized carbons (Fsp3) is 0.909. The molecule has 0 spiro atoms. The Hall–Kier alpha value is -0.113. The van der Waals surface area contributed by atoms with Gasteiger partial charge in [-0.3, -0.25) is 4.79 Å². The molecule has 0 aromatic carbocycles. The lowest BCUT2D eigenvalue weighted by Crippen LogP contribution is -2.30. The number of carbonyl (C=O) groups excluding carboxylic acids is 1. The van der Waals surface area contributed by atoms with E-state index in [-0.39, 0.29) is 0 Å². The summed E-state index contributed by atoms with van der Waals surface area (Å²) in [5.41, 5.74) is 0.606. The van der Waals surface area contributed by atoms with Crippen molar-refractivity contribution in [2.75, 3.05) is 0 Å². The molecule has 1 atom stereocenters. The van der Waals surface area contributed by atoms with Crippen LogP contribution < -0.4 is 0 Å². The fourth-order valence-corrected chi connectivity index (χ4v) is 7.16. The normalized spacial score (nSPS) is 32.0. The largest absolute Gasteiger partial charge is 0.300 e. The Labute approximate surface area is 82.5 Å². The molecule has 0 radical (unpaired) electrons. The zero-order chi connectivity index (χ0) is 9.10. The van der Waals surface area contributed by atoms with Crippen LogP contribution in [0.5, 0.6) is 0 Å². The predicted octanol–water partition coefficient (Wildman–Crippen LogP) is 2.91. The molecule has 2 aliphatic rings. The zero-order valence-corrected chi connectivity index (χ0v) is 9.58. The molecule has 1 saturated heterocycles. The van der Waals surface area contributed by atoms with Gasteiger partial charge < -0.3 is 0 Å². The van der Waals surface area contributed by atoms with Crippen molar-refractivity contribution in [3.05, 3.63) is 0 Å². The summed E-state index contributed by atoms with van der Waals surface area (Å²) in [6.45, 7) is 0. The van der Waals surface area contributed by atoms with E-state index in [1.807, 2.05) is 0 Å². The van der Waals surface area contributed by atoms with Crippen LogP contribution in [0.2, 0.25) is 17.6 Å². The monoisotopic (exact) mass is 196 g/mol. The highest BCUT2D eigenvalue weighted by Crippen LogP contribution is 2.35. The standard InChI is InChI=1S/C11H20OSi/c12-10-6-2-3-7-11(10)13-8-4-1-5-9-13/h11,13H,1-9H2. The number of hydrogen-bond donors (Lipinski definition) is 0. The minimum atomic E-state index is -0.615. The van der Waals surface area contributed by atoms with Crippen LogP contribution in [0.15, 0.2) is 0 Å². The van der Waals surface area contributed by atoms with E-state index >= 15 is 0 Å². The molecule has 1 unspecified atom stereocenters. The van der Waals surface area contributed by atoms with Gasteiger partial charge >= 0.3 is 0 Å². The third-order valence-corrected chi connectivity index (χ3v) is 7.96. The van der Waals surface area contributed by atoms with Crippen LogP contribution in [0, 0.1) is 0 Å². The third kappa shape index (κ3) is 2.22. The van der Waals surface area contributed by atoms with Crippen molar-refractivity contribution in [3.63, 3.8) is 0 Å². The Bertz CT molecular complexity index is 185. The van der Waals surface area contributed by atoms with E-state index in [2.05, 4.69) is 0 Å². The second-order valence-corrected chi connectivity index (χ2v) is 8.20. The average molecular weight is 196 g/mol. The quantitative estimate of drug-likeness (QED) is 0.589. The van der Waals surface area contributed by atoms with Crippen molar-refractivity contribution < 1.29 is 4.79 Å². The molecule has 2 fully saturated rings. The van der Waals surface area contributed by atoms with Gasteiger partial charge in [0.15, 0.2) is 0 Å². The molecule has 0 N–H and O–H groups in total. The van der Waals surface area contributed by atoms with Crippen molar-refractivity contribution >= 4 is 14.6 Å². The summed E-state index contributed by atoms with van der Waals surface area (Å²) in [5, 5.41) is 0. The number of carbonyl (C=O) groups is 1. The van der Waals surface area contributed by atoms with E-state index in [9.17, 15) is 4.79 Å². The van der Waals surface area contributed by atoms with E-state index in [0.717, 1.165) is 6.42 Å². The molecule has 0 aromatic rings. The number of hydrogen-bond acceptors (Lipinski definition) is 1. The van der Waals surface area contributed by atoms with Gasteiger partial charge in [0.1, 0.15) is 5.78 Å². The molecule has 1 aliphatic heterocycles. The molecule has 0 aromatic heterocycles. The van der Waals surface area contributed by atoms with Crippen molar-refractivity contribution in [2.45, 2.75) is 62.6 Å². The molecule has 1 aliphatic carbocycles. The lowest BCUT2D eigenvalue weighted by Gasteiger charge is -2.30. The first-order valence-corrected chi connectivity index (χ1v) is 8.20. The van der Waals surface area contributed by atoms with Crippen molar-refractivity contribution in [1.82, 2.24) is 0 Å². The lowest BCUT2D eigenvalue weighted by molar-refractivity contribution is -0.120. The third-order valence-electron chi connectivity index (χ3n) is 3.82. The molecule has 0 bridgehead atoms. The van der Waals surface area contributed by atoms with Gasteiger partial charge in [-0.05, 0) is 12.8 Å². The van der Waals surface area contributed by atoms with Crippen molar-refractivity contribution in [1.29, 1.82) is 0 Å². The van der Waals surface area contributed by atoms with Gasteiger partial charge in [0, 0.05) is 20.8 Å². The highest BCUT2D eigenvalue weighted by Gasteiger charge is 2.31. The van der Waals surface area contributed by atoms with Crippen LogP contribution in [-0.2, 0) is 4.79 Å². The summed E-state index contributed by atoms with van der Waals surface area (Å²) in [5.74, 6) is 0.643. The second kappa shape index (κ2) is 4.40. The second-order valence-electron chi connectivity index (χ2n) is 4.72. The Morgan fingerprint density at radius 2 is 1.77 bits per heavy atom. The van der Waals surface area contributed by atoms with Crippen LogP contribution in [0.1, 0.15) is 44.9 Å². The lowest BCUT2D eigenvalue weighted by atomic mass is 9.99. The van der Waals surface area contributed by atoms with E-state index in [0.29, 0.717) is 11.3 Å². The van der Waals surface area contributed by atoms with Crippen LogP contribution in [0.25, 0.3) is 0 Å². The maximum absolute atomic E-state index is 11.7. The maximum Gasteiger partial charge on any atom is 0.133 e. The molecule has 0 amide bonds. The topological polar surface area (TPSA) is 17.1 Å². The van der Waals surface area contributed by atoms with Crippen molar-refractivity contribution in [3.8, 4) is 0 Å². The highest BCUT2D eigenvalue weighted by molar-refractivity contribution is 6.64. The minimum Gasteiger partial charge on any atom is -0.300 e. The Morgan fingerprint density at radius 3 is 2.46 bits per heavy atom. The van der Waals surface area contributed by atoms with E-state index in [1.54, 1.807) is 0 Å². The molecule has 74 valence electrons. The van der Waals surface area contributed by atoms with Crippen molar-refractivity contribution in [2.24, 2.45) is 0 Å². The fourth-order valence-electron chi connectivity index (χ4n) is 3.04. The average Bonchev–Trinajstić information content (AvgIpc) is 2.20. The van der Waals surface area contributed by atoms with Gasteiger partial charge in [-0.1, -0.05) is 37.8 Å². The van der Waals surface area contributed by atoms with Gasteiger partial charge in [0.25, 0.3) is 0 Å². The molecule has 2 rings (SSSR count). The van der Waals surface area contributed by atoms with E-state index in [4.69, 9.17) is 0 Å².